The standard InChI is InChI=1S/C7H12N2O.CO2/c1-3-5-6(4-2)8-9-7(5)10;2-1-3/h3-4H2,1-2H3,(H2,8,9,10);. The maximum absolute atomic E-state index is 10.9. The molecule has 0 unspecified atom stereocenters. The fraction of sp³-hybridized carbons (Fsp3) is 0.500. The van der Waals surface area contributed by atoms with E-state index in [-0.39, 0.29) is 11.7 Å². The Morgan fingerprint density at radius 1 is 1.15 bits per heavy atom. The summed E-state index contributed by atoms with van der Waals surface area (Å²) in [7, 11) is 0. The molecule has 0 saturated heterocycles. The number of carbonyl (C=O) groups excluding carboxylic acids is 2. The largest absolute Gasteiger partial charge is 0.373 e. The first-order valence-corrected chi connectivity index (χ1v) is 3.98. The lowest BCUT2D eigenvalue weighted by atomic mass is 10.2. The molecule has 0 aliphatic rings. The minimum absolute atomic E-state index is 0.0272. The van der Waals surface area contributed by atoms with Crippen molar-refractivity contribution in [3.05, 3.63) is 21.6 Å². The summed E-state index contributed by atoms with van der Waals surface area (Å²) in [5.74, 6) is 0. The van der Waals surface area contributed by atoms with Crippen molar-refractivity contribution in [2.45, 2.75) is 26.7 Å². The van der Waals surface area contributed by atoms with E-state index >= 15 is 0 Å². The van der Waals surface area contributed by atoms with Crippen LogP contribution in [0.15, 0.2) is 4.79 Å². The first kappa shape index (κ1) is 11.4. The summed E-state index contributed by atoms with van der Waals surface area (Å²) in [4.78, 5) is 27.2. The first-order chi connectivity index (χ1) is 6.21. The molecule has 0 spiro atoms. The molecule has 0 aromatic carbocycles. The van der Waals surface area contributed by atoms with Gasteiger partial charge in [-0.3, -0.25) is 9.89 Å². The Balaban J connectivity index is 0.000000424. The molecular weight excluding hydrogens is 172 g/mol. The van der Waals surface area contributed by atoms with E-state index in [2.05, 4.69) is 10.2 Å². The number of nitrogens with one attached hydrogen (secondary N) is 2. The van der Waals surface area contributed by atoms with Crippen molar-refractivity contribution in [2.75, 3.05) is 0 Å². The predicted octanol–water partition coefficient (Wildman–Crippen LogP) is 0.244. The summed E-state index contributed by atoms with van der Waals surface area (Å²) in [6, 6.07) is 0. The normalized spacial score (nSPS) is 8.46. The molecule has 2 N–H and O–H groups in total. The summed E-state index contributed by atoms with van der Waals surface area (Å²) in [6.07, 6.45) is 1.95. The maximum Gasteiger partial charge on any atom is 0.373 e. The van der Waals surface area contributed by atoms with Crippen LogP contribution in [0.3, 0.4) is 0 Å². The van der Waals surface area contributed by atoms with Gasteiger partial charge in [-0.15, -0.1) is 0 Å². The predicted molar refractivity (Wildman–Crippen MR) is 45.2 cm³/mol. The van der Waals surface area contributed by atoms with Gasteiger partial charge in [-0.1, -0.05) is 13.8 Å². The SMILES string of the molecule is CCc1[nH][nH]c(=O)c1CC.O=C=O. The molecular formula is C8H12N2O3. The van der Waals surface area contributed by atoms with Crippen LogP contribution in [0.5, 0.6) is 0 Å². The Hall–Kier alpha value is -1.61. The molecule has 0 saturated carbocycles. The van der Waals surface area contributed by atoms with Crippen molar-refractivity contribution >= 4 is 6.15 Å². The van der Waals surface area contributed by atoms with Gasteiger partial charge in [-0.2, -0.15) is 9.59 Å². The Morgan fingerprint density at radius 3 is 2.00 bits per heavy atom. The average molecular weight is 184 g/mol. The van der Waals surface area contributed by atoms with Crippen molar-refractivity contribution < 1.29 is 9.59 Å². The van der Waals surface area contributed by atoms with Crippen molar-refractivity contribution in [3.8, 4) is 0 Å². The smallest absolute Gasteiger partial charge is 0.302 e. The molecule has 0 fully saturated rings. The van der Waals surface area contributed by atoms with Crippen LogP contribution in [0, 0.1) is 0 Å². The van der Waals surface area contributed by atoms with E-state index in [1.54, 1.807) is 0 Å². The number of aromatic amines is 2. The summed E-state index contributed by atoms with van der Waals surface area (Å²) >= 11 is 0. The third-order valence-corrected chi connectivity index (χ3v) is 1.67. The maximum atomic E-state index is 10.9. The zero-order valence-corrected chi connectivity index (χ0v) is 7.64. The fourth-order valence-electron chi connectivity index (χ4n) is 1.10. The molecule has 1 aromatic rings. The van der Waals surface area contributed by atoms with Gasteiger partial charge in [0.2, 0.25) is 0 Å². The van der Waals surface area contributed by atoms with Gasteiger partial charge in [0.25, 0.3) is 5.56 Å². The highest BCUT2D eigenvalue weighted by molar-refractivity contribution is 5.20. The Labute approximate surface area is 75.1 Å². The van der Waals surface area contributed by atoms with Crippen LogP contribution in [0.25, 0.3) is 0 Å². The Bertz CT molecular complexity index is 331. The van der Waals surface area contributed by atoms with Crippen molar-refractivity contribution in [2.24, 2.45) is 0 Å². The number of H-pyrrole nitrogens is 2. The highest BCUT2D eigenvalue weighted by Crippen LogP contribution is 1.99. The number of hydrogen-bond donors (Lipinski definition) is 2. The van der Waals surface area contributed by atoms with Gasteiger partial charge in [0.15, 0.2) is 0 Å². The third-order valence-electron chi connectivity index (χ3n) is 1.67. The highest BCUT2D eigenvalue weighted by Gasteiger charge is 2.03. The second-order valence-corrected chi connectivity index (χ2v) is 2.33. The molecule has 0 aliphatic heterocycles. The summed E-state index contributed by atoms with van der Waals surface area (Å²) in [5.41, 5.74) is 1.95. The summed E-state index contributed by atoms with van der Waals surface area (Å²) in [6.45, 7) is 4.01. The van der Waals surface area contributed by atoms with Crippen LogP contribution in [0.1, 0.15) is 25.1 Å². The molecule has 0 bridgehead atoms. The molecule has 72 valence electrons. The van der Waals surface area contributed by atoms with Crippen molar-refractivity contribution in [1.82, 2.24) is 10.2 Å². The lowest BCUT2D eigenvalue weighted by Crippen LogP contribution is -2.04. The Morgan fingerprint density at radius 2 is 1.69 bits per heavy atom. The summed E-state index contributed by atoms with van der Waals surface area (Å²) in [5, 5.41) is 5.40. The van der Waals surface area contributed by atoms with Crippen LogP contribution in [-0.2, 0) is 22.4 Å². The Kier molecular flexibility index (Phi) is 5.23. The molecule has 5 nitrogen and oxygen atoms in total. The molecule has 0 atom stereocenters. The van der Waals surface area contributed by atoms with Crippen molar-refractivity contribution in [1.29, 1.82) is 0 Å². The number of rotatable bonds is 2. The molecule has 5 heteroatoms. The molecule has 13 heavy (non-hydrogen) atoms. The van der Waals surface area contributed by atoms with Gasteiger partial charge in [-0.25, -0.2) is 0 Å². The van der Waals surface area contributed by atoms with Gasteiger partial charge in [0, 0.05) is 11.3 Å². The fourth-order valence-corrected chi connectivity index (χ4v) is 1.10. The third kappa shape index (κ3) is 3.09. The zero-order chi connectivity index (χ0) is 10.3. The van der Waals surface area contributed by atoms with Gasteiger partial charge in [0.05, 0.1) is 0 Å². The highest BCUT2D eigenvalue weighted by atomic mass is 16.2. The molecule has 1 rings (SSSR count). The van der Waals surface area contributed by atoms with Crippen LogP contribution in [0.2, 0.25) is 0 Å². The zero-order valence-electron chi connectivity index (χ0n) is 7.64. The monoisotopic (exact) mass is 184 g/mol. The van der Waals surface area contributed by atoms with Crippen LogP contribution >= 0.6 is 0 Å². The van der Waals surface area contributed by atoms with Crippen LogP contribution in [0.4, 0.5) is 0 Å². The van der Waals surface area contributed by atoms with E-state index in [9.17, 15) is 4.79 Å². The van der Waals surface area contributed by atoms with Crippen LogP contribution in [-0.4, -0.2) is 16.3 Å². The average Bonchev–Trinajstić information content (AvgIpc) is 2.47. The summed E-state index contributed by atoms with van der Waals surface area (Å²) < 4.78 is 0. The van der Waals surface area contributed by atoms with E-state index in [1.807, 2.05) is 13.8 Å². The van der Waals surface area contributed by atoms with Gasteiger partial charge in [-0.05, 0) is 12.8 Å². The van der Waals surface area contributed by atoms with E-state index in [0.29, 0.717) is 0 Å². The minimum Gasteiger partial charge on any atom is -0.302 e. The molecule has 0 aliphatic carbocycles. The number of aromatic nitrogens is 2. The molecule has 1 aromatic heterocycles. The van der Waals surface area contributed by atoms with Crippen LogP contribution < -0.4 is 5.56 Å². The van der Waals surface area contributed by atoms with Gasteiger partial charge >= 0.3 is 6.15 Å². The minimum atomic E-state index is 0.0272. The molecule has 0 amide bonds. The first-order valence-electron chi connectivity index (χ1n) is 3.98. The van der Waals surface area contributed by atoms with Crippen molar-refractivity contribution in [3.63, 3.8) is 0 Å². The van der Waals surface area contributed by atoms with Gasteiger partial charge in [0.1, 0.15) is 0 Å². The van der Waals surface area contributed by atoms with E-state index in [4.69, 9.17) is 9.59 Å². The van der Waals surface area contributed by atoms with E-state index < -0.39 is 0 Å². The lowest BCUT2D eigenvalue weighted by molar-refractivity contribution is -0.191. The second-order valence-electron chi connectivity index (χ2n) is 2.33. The van der Waals surface area contributed by atoms with Gasteiger partial charge < -0.3 is 5.10 Å². The second kappa shape index (κ2) is 5.97. The molecule has 0 radical (unpaired) electrons. The van der Waals surface area contributed by atoms with E-state index in [0.717, 1.165) is 24.1 Å². The molecule has 1 heterocycles. The quantitative estimate of drug-likeness (QED) is 0.690. The van der Waals surface area contributed by atoms with E-state index in [1.165, 1.54) is 0 Å². The lowest BCUT2D eigenvalue weighted by Gasteiger charge is -1.91. The topological polar surface area (TPSA) is 82.8 Å². The number of aryl methyl sites for hydroxylation is 1. The number of hydrogen-bond acceptors (Lipinski definition) is 3.